The fraction of sp³-hybridized carbons (Fsp3) is 0.625. The minimum atomic E-state index is -0.959. The maximum absolute atomic E-state index is 10.3. The first kappa shape index (κ1) is 9.70. The Bertz CT molecular complexity index is 295. The van der Waals surface area contributed by atoms with Gasteiger partial charge in [0, 0.05) is 5.92 Å². The molecule has 0 fully saturated rings. The van der Waals surface area contributed by atoms with Crippen LogP contribution in [-0.4, -0.2) is 21.2 Å². The molecule has 0 spiro atoms. The van der Waals surface area contributed by atoms with E-state index in [1.165, 1.54) is 0 Å². The molecular weight excluding hydrogens is 172 g/mol. The zero-order chi connectivity index (χ0) is 9.84. The van der Waals surface area contributed by atoms with E-state index < -0.39 is 5.97 Å². The van der Waals surface area contributed by atoms with Gasteiger partial charge in [-0.15, -0.1) is 0 Å². The predicted molar refractivity (Wildman–Crippen MR) is 44.3 cm³/mol. The number of aliphatic carboxylic acids is 1. The van der Waals surface area contributed by atoms with Crippen LogP contribution in [0, 0.1) is 0 Å². The summed E-state index contributed by atoms with van der Waals surface area (Å²) in [7, 11) is 0. The number of carbonyl (C=O) groups is 1. The molecule has 1 N–H and O–H groups in total. The summed E-state index contributed by atoms with van der Waals surface area (Å²) in [6, 6.07) is 0. The lowest BCUT2D eigenvalue weighted by Crippen LogP contribution is -2.01. The molecule has 1 aromatic heterocycles. The van der Waals surface area contributed by atoms with Crippen LogP contribution in [0.4, 0.5) is 0 Å². The highest BCUT2D eigenvalue weighted by Crippen LogP contribution is 2.14. The lowest BCUT2D eigenvalue weighted by atomic mass is 10.1. The van der Waals surface area contributed by atoms with E-state index in [1.807, 2.05) is 13.8 Å². The third kappa shape index (κ3) is 2.54. The minimum Gasteiger partial charge on any atom is -0.481 e. The summed E-state index contributed by atoms with van der Waals surface area (Å²) in [5, 5.41) is 12.1. The van der Waals surface area contributed by atoms with Gasteiger partial charge >= 0.3 is 5.97 Å². The summed E-state index contributed by atoms with van der Waals surface area (Å²) in [6.45, 7) is 3.98. The van der Waals surface area contributed by atoms with Crippen LogP contribution in [0.1, 0.15) is 37.9 Å². The van der Waals surface area contributed by atoms with Crippen LogP contribution in [0.5, 0.6) is 0 Å². The van der Waals surface area contributed by atoms with Crippen molar-refractivity contribution in [3.63, 3.8) is 0 Å². The Balaban J connectivity index is 2.68. The molecule has 5 heteroatoms. The lowest BCUT2D eigenvalue weighted by molar-refractivity contribution is -0.136. The zero-order valence-corrected chi connectivity index (χ0v) is 7.65. The third-order valence-electron chi connectivity index (χ3n) is 1.84. The first-order valence-electron chi connectivity index (χ1n) is 4.17. The molecular formula is C8H12N2O3. The summed E-state index contributed by atoms with van der Waals surface area (Å²) in [4.78, 5) is 14.3. The van der Waals surface area contributed by atoms with E-state index in [0.29, 0.717) is 5.82 Å². The molecule has 0 amide bonds. The van der Waals surface area contributed by atoms with Gasteiger partial charge < -0.3 is 9.63 Å². The molecule has 0 saturated heterocycles. The number of carboxylic acid groups (broad SMARTS) is 1. The maximum Gasteiger partial charge on any atom is 0.312 e. The molecule has 1 aromatic rings. The standard InChI is InChI=1S/C8H12N2O3/c1-3-5(2)8-9-6(13-10-8)4-7(11)12/h5H,3-4H2,1-2H3,(H,11,12). The Morgan fingerprint density at radius 3 is 2.92 bits per heavy atom. The van der Waals surface area contributed by atoms with Crippen molar-refractivity contribution in [2.45, 2.75) is 32.6 Å². The molecule has 72 valence electrons. The van der Waals surface area contributed by atoms with Crippen LogP contribution in [0.15, 0.2) is 4.52 Å². The lowest BCUT2D eigenvalue weighted by Gasteiger charge is -1.98. The van der Waals surface area contributed by atoms with Gasteiger partial charge in [0.2, 0.25) is 5.89 Å². The highest BCUT2D eigenvalue weighted by Gasteiger charge is 2.13. The average molecular weight is 184 g/mol. The quantitative estimate of drug-likeness (QED) is 0.761. The number of hydrogen-bond acceptors (Lipinski definition) is 4. The van der Waals surface area contributed by atoms with Gasteiger partial charge in [-0.05, 0) is 6.42 Å². The van der Waals surface area contributed by atoms with Crippen LogP contribution in [0.25, 0.3) is 0 Å². The SMILES string of the molecule is CCC(C)c1noc(CC(=O)O)n1. The molecule has 0 aliphatic rings. The third-order valence-corrected chi connectivity index (χ3v) is 1.84. The van der Waals surface area contributed by atoms with Crippen molar-refractivity contribution in [3.8, 4) is 0 Å². The van der Waals surface area contributed by atoms with E-state index in [4.69, 9.17) is 9.63 Å². The molecule has 0 radical (unpaired) electrons. The van der Waals surface area contributed by atoms with Gasteiger partial charge in [0.25, 0.3) is 0 Å². The highest BCUT2D eigenvalue weighted by atomic mass is 16.5. The molecule has 0 aromatic carbocycles. The minimum absolute atomic E-state index is 0.169. The van der Waals surface area contributed by atoms with Crippen LogP contribution >= 0.6 is 0 Å². The van der Waals surface area contributed by atoms with Crippen molar-refractivity contribution in [1.82, 2.24) is 10.1 Å². The smallest absolute Gasteiger partial charge is 0.312 e. The van der Waals surface area contributed by atoms with Gasteiger partial charge in [0.05, 0.1) is 0 Å². The second kappa shape index (κ2) is 4.02. The van der Waals surface area contributed by atoms with Crippen molar-refractivity contribution in [1.29, 1.82) is 0 Å². The van der Waals surface area contributed by atoms with E-state index in [0.717, 1.165) is 6.42 Å². The second-order valence-corrected chi connectivity index (χ2v) is 2.93. The molecule has 0 saturated carbocycles. The summed E-state index contributed by atoms with van der Waals surface area (Å²) < 4.78 is 4.76. The number of aromatic nitrogens is 2. The van der Waals surface area contributed by atoms with E-state index in [9.17, 15) is 4.79 Å². The van der Waals surface area contributed by atoms with Crippen molar-refractivity contribution in [3.05, 3.63) is 11.7 Å². The van der Waals surface area contributed by atoms with E-state index in [-0.39, 0.29) is 18.2 Å². The number of hydrogen-bond donors (Lipinski definition) is 1. The van der Waals surface area contributed by atoms with E-state index in [2.05, 4.69) is 10.1 Å². The maximum atomic E-state index is 10.3. The van der Waals surface area contributed by atoms with Gasteiger partial charge in [-0.2, -0.15) is 4.98 Å². The first-order chi connectivity index (χ1) is 6.13. The van der Waals surface area contributed by atoms with E-state index >= 15 is 0 Å². The Hall–Kier alpha value is -1.39. The molecule has 5 nitrogen and oxygen atoms in total. The molecule has 1 unspecified atom stereocenters. The second-order valence-electron chi connectivity index (χ2n) is 2.93. The van der Waals surface area contributed by atoms with E-state index in [1.54, 1.807) is 0 Å². The largest absolute Gasteiger partial charge is 0.481 e. The molecule has 0 bridgehead atoms. The monoisotopic (exact) mass is 184 g/mol. The normalized spacial score (nSPS) is 12.8. The Kier molecular flexibility index (Phi) is 3.00. The Labute approximate surface area is 75.8 Å². The highest BCUT2D eigenvalue weighted by molar-refractivity contribution is 5.68. The van der Waals surface area contributed by atoms with Crippen LogP contribution in [0.2, 0.25) is 0 Å². The van der Waals surface area contributed by atoms with Gasteiger partial charge in [0.1, 0.15) is 6.42 Å². The van der Waals surface area contributed by atoms with Crippen molar-refractivity contribution < 1.29 is 14.4 Å². The molecule has 1 rings (SSSR count). The van der Waals surface area contributed by atoms with Crippen LogP contribution < -0.4 is 0 Å². The predicted octanol–water partition coefficient (Wildman–Crippen LogP) is 1.21. The first-order valence-corrected chi connectivity index (χ1v) is 4.17. The Morgan fingerprint density at radius 2 is 2.38 bits per heavy atom. The molecule has 1 heterocycles. The zero-order valence-electron chi connectivity index (χ0n) is 7.65. The fourth-order valence-corrected chi connectivity index (χ4v) is 0.852. The van der Waals surface area contributed by atoms with Gasteiger partial charge in [-0.1, -0.05) is 19.0 Å². The van der Waals surface area contributed by atoms with Gasteiger partial charge in [-0.3, -0.25) is 4.79 Å². The summed E-state index contributed by atoms with van der Waals surface area (Å²) in [5.74, 6) is 0.00666. The number of nitrogens with zero attached hydrogens (tertiary/aromatic N) is 2. The van der Waals surface area contributed by atoms with Crippen molar-refractivity contribution in [2.24, 2.45) is 0 Å². The summed E-state index contributed by atoms with van der Waals surface area (Å²) in [5.41, 5.74) is 0. The molecule has 0 aliphatic carbocycles. The van der Waals surface area contributed by atoms with Gasteiger partial charge in [0.15, 0.2) is 5.82 Å². The average Bonchev–Trinajstić information content (AvgIpc) is 2.50. The van der Waals surface area contributed by atoms with Crippen LogP contribution in [0.3, 0.4) is 0 Å². The van der Waals surface area contributed by atoms with Crippen LogP contribution in [-0.2, 0) is 11.2 Å². The number of rotatable bonds is 4. The summed E-state index contributed by atoms with van der Waals surface area (Å²) in [6.07, 6.45) is 0.704. The van der Waals surface area contributed by atoms with Crippen molar-refractivity contribution in [2.75, 3.05) is 0 Å². The molecule has 1 atom stereocenters. The fourth-order valence-electron chi connectivity index (χ4n) is 0.852. The topological polar surface area (TPSA) is 76.2 Å². The number of carboxylic acids is 1. The van der Waals surface area contributed by atoms with Gasteiger partial charge in [-0.25, -0.2) is 0 Å². The van der Waals surface area contributed by atoms with Crippen molar-refractivity contribution >= 4 is 5.97 Å². The molecule has 13 heavy (non-hydrogen) atoms. The summed E-state index contributed by atoms with van der Waals surface area (Å²) >= 11 is 0. The molecule has 0 aliphatic heterocycles. The Morgan fingerprint density at radius 1 is 1.69 bits per heavy atom.